The van der Waals surface area contributed by atoms with Gasteiger partial charge in [-0.05, 0) is 79.1 Å². The van der Waals surface area contributed by atoms with E-state index in [0.29, 0.717) is 54.7 Å². The van der Waals surface area contributed by atoms with Gasteiger partial charge in [-0.1, -0.05) is 29.8 Å². The summed E-state index contributed by atoms with van der Waals surface area (Å²) in [6.45, 7) is 0.374. The summed E-state index contributed by atoms with van der Waals surface area (Å²) in [7, 11) is -1.94. The normalized spacial score (nSPS) is 16.8. The molecule has 0 spiro atoms. The minimum Gasteiger partial charge on any atom is -0.496 e. The van der Waals surface area contributed by atoms with Crippen molar-refractivity contribution in [3.8, 4) is 16.9 Å². The van der Waals surface area contributed by atoms with Crippen LogP contribution in [0.3, 0.4) is 0 Å². The van der Waals surface area contributed by atoms with Gasteiger partial charge in [0.2, 0.25) is 0 Å². The number of rotatable bonds is 9. The molecular weight excluding hydrogens is 646 g/mol. The van der Waals surface area contributed by atoms with Crippen LogP contribution in [0.25, 0.3) is 21.2 Å². The fraction of sp³-hybridized carbons (Fsp3) is 0.312. The molecule has 1 heterocycles. The molecule has 0 unspecified atom stereocenters. The first-order chi connectivity index (χ1) is 21.4. The monoisotopic (exact) mass is 676 g/mol. The predicted octanol–water partition coefficient (Wildman–Crippen LogP) is 7.38. The highest BCUT2D eigenvalue weighted by molar-refractivity contribution is 7.90. The standard InChI is InChI=1S/C32H31ClF2N2O6S2/c1-43-26-13-8-20(19-4-3-5-23(15-19)45(2,41)42)14-21(26)17-37(22-9-6-18(7-10-22)16-36-32(39)40)31(38)30-28(33)27-24(34)11-12-25(35)29(27)44-30/h3-5,8,11-15,18,22,36H,6-7,9-10,16-17H2,1-2H3,(H,39,40). The minimum absolute atomic E-state index is 0.0151. The van der Waals surface area contributed by atoms with E-state index < -0.39 is 33.5 Å². The highest BCUT2D eigenvalue weighted by atomic mass is 35.5. The Balaban J connectivity index is 1.53. The molecule has 0 saturated heterocycles. The first kappa shape index (κ1) is 32.6. The van der Waals surface area contributed by atoms with Gasteiger partial charge < -0.3 is 20.1 Å². The summed E-state index contributed by atoms with van der Waals surface area (Å²) in [6, 6.07) is 13.6. The third-order valence-electron chi connectivity index (χ3n) is 8.15. The number of amides is 2. The fourth-order valence-corrected chi connectivity index (χ4v) is 7.97. The molecule has 4 aromatic rings. The quantitative estimate of drug-likeness (QED) is 0.191. The molecule has 45 heavy (non-hydrogen) atoms. The number of carboxylic acid groups (broad SMARTS) is 1. The molecule has 5 rings (SSSR count). The summed E-state index contributed by atoms with van der Waals surface area (Å²) in [5.74, 6) is -1.30. The van der Waals surface area contributed by atoms with Gasteiger partial charge >= 0.3 is 6.09 Å². The Labute approximate surface area is 268 Å². The number of carbonyl (C=O) groups is 2. The van der Waals surface area contributed by atoms with E-state index in [-0.39, 0.29) is 43.4 Å². The molecule has 13 heteroatoms. The van der Waals surface area contributed by atoms with E-state index in [9.17, 15) is 26.8 Å². The molecule has 238 valence electrons. The number of carbonyl (C=O) groups excluding carboxylic acids is 1. The highest BCUT2D eigenvalue weighted by Crippen LogP contribution is 2.41. The maximum absolute atomic E-state index is 14.7. The Morgan fingerprint density at radius 3 is 2.38 bits per heavy atom. The Kier molecular flexibility index (Phi) is 9.66. The van der Waals surface area contributed by atoms with Crippen LogP contribution in [0.2, 0.25) is 5.02 Å². The number of methoxy groups -OCH3 is 1. The summed E-state index contributed by atoms with van der Waals surface area (Å²) in [6.07, 6.45) is 2.50. The van der Waals surface area contributed by atoms with Crippen molar-refractivity contribution in [3.05, 3.63) is 81.7 Å². The molecule has 1 fully saturated rings. The second-order valence-electron chi connectivity index (χ2n) is 11.1. The third kappa shape index (κ3) is 7.08. The fourth-order valence-electron chi connectivity index (χ4n) is 5.80. The molecule has 0 atom stereocenters. The number of fused-ring (bicyclic) bond motifs is 1. The summed E-state index contributed by atoms with van der Waals surface area (Å²) in [5.41, 5.74) is 2.00. The second-order valence-corrected chi connectivity index (χ2v) is 14.5. The number of nitrogens with zero attached hydrogens (tertiary/aromatic N) is 1. The van der Waals surface area contributed by atoms with Crippen molar-refractivity contribution in [2.45, 2.75) is 43.2 Å². The molecule has 0 aliphatic heterocycles. The van der Waals surface area contributed by atoms with Crippen molar-refractivity contribution in [2.24, 2.45) is 5.92 Å². The molecule has 8 nitrogen and oxygen atoms in total. The molecular formula is C32H31ClF2N2O6S2. The lowest BCUT2D eigenvalue weighted by Gasteiger charge is -2.37. The van der Waals surface area contributed by atoms with E-state index in [0.717, 1.165) is 29.7 Å². The Hall–Kier alpha value is -3.74. The van der Waals surface area contributed by atoms with Crippen LogP contribution in [0.15, 0.2) is 59.5 Å². The molecule has 0 bridgehead atoms. The Morgan fingerprint density at radius 1 is 1.04 bits per heavy atom. The lowest BCUT2D eigenvalue weighted by molar-refractivity contribution is 0.0592. The number of hydrogen-bond acceptors (Lipinski definition) is 6. The molecule has 0 radical (unpaired) electrons. The lowest BCUT2D eigenvalue weighted by atomic mass is 9.85. The maximum atomic E-state index is 14.7. The highest BCUT2D eigenvalue weighted by Gasteiger charge is 2.33. The summed E-state index contributed by atoms with van der Waals surface area (Å²) in [5, 5.41) is 11.1. The van der Waals surface area contributed by atoms with E-state index in [1.165, 1.54) is 13.2 Å². The maximum Gasteiger partial charge on any atom is 0.404 e. The summed E-state index contributed by atoms with van der Waals surface area (Å²) < 4.78 is 59.4. The van der Waals surface area contributed by atoms with Crippen molar-refractivity contribution in [1.82, 2.24) is 10.2 Å². The predicted molar refractivity (Wildman–Crippen MR) is 170 cm³/mol. The first-order valence-corrected chi connectivity index (χ1v) is 17.3. The van der Waals surface area contributed by atoms with Gasteiger partial charge in [0.15, 0.2) is 9.84 Å². The Morgan fingerprint density at radius 2 is 1.73 bits per heavy atom. The smallest absolute Gasteiger partial charge is 0.404 e. The van der Waals surface area contributed by atoms with Crippen molar-refractivity contribution in [3.63, 3.8) is 0 Å². The molecule has 2 amide bonds. The third-order valence-corrected chi connectivity index (χ3v) is 10.9. The van der Waals surface area contributed by atoms with Crippen molar-refractivity contribution in [2.75, 3.05) is 19.9 Å². The van der Waals surface area contributed by atoms with E-state index in [1.807, 2.05) is 6.07 Å². The molecule has 2 N–H and O–H groups in total. The van der Waals surface area contributed by atoms with Gasteiger partial charge in [0, 0.05) is 31.0 Å². The van der Waals surface area contributed by atoms with Crippen LogP contribution in [0, 0.1) is 17.6 Å². The zero-order valence-corrected chi connectivity index (χ0v) is 26.9. The topological polar surface area (TPSA) is 113 Å². The lowest BCUT2D eigenvalue weighted by Crippen LogP contribution is -2.43. The average Bonchev–Trinajstić information content (AvgIpc) is 3.38. The van der Waals surface area contributed by atoms with Crippen LogP contribution in [-0.4, -0.2) is 56.4 Å². The zero-order chi connectivity index (χ0) is 32.5. The van der Waals surface area contributed by atoms with Gasteiger partial charge in [-0.2, -0.15) is 0 Å². The number of hydrogen-bond donors (Lipinski definition) is 2. The number of nitrogens with one attached hydrogen (secondary N) is 1. The number of benzene rings is 3. The SMILES string of the molecule is COc1ccc(-c2cccc(S(C)(=O)=O)c2)cc1CN(C(=O)c1sc2c(F)ccc(F)c2c1Cl)C1CCC(CNC(=O)O)CC1. The van der Waals surface area contributed by atoms with Crippen LogP contribution >= 0.6 is 22.9 Å². The molecule has 3 aromatic carbocycles. The largest absolute Gasteiger partial charge is 0.496 e. The van der Waals surface area contributed by atoms with E-state index in [2.05, 4.69) is 5.32 Å². The van der Waals surface area contributed by atoms with Gasteiger partial charge in [-0.25, -0.2) is 22.0 Å². The van der Waals surface area contributed by atoms with Gasteiger partial charge in [-0.15, -0.1) is 11.3 Å². The van der Waals surface area contributed by atoms with Crippen LogP contribution < -0.4 is 10.1 Å². The van der Waals surface area contributed by atoms with Crippen molar-refractivity contribution < 1.29 is 36.6 Å². The van der Waals surface area contributed by atoms with Gasteiger partial charge in [0.1, 0.15) is 22.3 Å². The number of halogens is 3. The van der Waals surface area contributed by atoms with E-state index in [4.69, 9.17) is 21.4 Å². The van der Waals surface area contributed by atoms with Gasteiger partial charge in [-0.3, -0.25) is 4.79 Å². The molecule has 1 aliphatic rings. The van der Waals surface area contributed by atoms with Crippen molar-refractivity contribution in [1.29, 1.82) is 0 Å². The minimum atomic E-state index is -3.45. The average molecular weight is 677 g/mol. The summed E-state index contributed by atoms with van der Waals surface area (Å²) in [4.78, 5) is 27.1. The van der Waals surface area contributed by atoms with E-state index >= 15 is 0 Å². The zero-order valence-electron chi connectivity index (χ0n) is 24.5. The van der Waals surface area contributed by atoms with Crippen LogP contribution in [0.5, 0.6) is 5.75 Å². The molecule has 1 saturated carbocycles. The Bertz CT molecular complexity index is 1870. The van der Waals surface area contributed by atoms with Crippen LogP contribution in [-0.2, 0) is 16.4 Å². The van der Waals surface area contributed by atoms with Crippen LogP contribution in [0.4, 0.5) is 13.6 Å². The van der Waals surface area contributed by atoms with Crippen molar-refractivity contribution >= 4 is 54.9 Å². The van der Waals surface area contributed by atoms with Gasteiger partial charge in [0.05, 0.1) is 27.1 Å². The van der Waals surface area contributed by atoms with E-state index in [1.54, 1.807) is 35.2 Å². The molecule has 1 aliphatic carbocycles. The number of thiophene rings is 1. The molecule has 1 aromatic heterocycles. The van der Waals surface area contributed by atoms with Crippen LogP contribution in [0.1, 0.15) is 40.9 Å². The number of ether oxygens (including phenoxy) is 1. The van der Waals surface area contributed by atoms with Gasteiger partial charge in [0.25, 0.3) is 5.91 Å². The second kappa shape index (κ2) is 13.3. The number of sulfone groups is 1. The first-order valence-electron chi connectivity index (χ1n) is 14.2. The summed E-state index contributed by atoms with van der Waals surface area (Å²) >= 11 is 7.34.